The predicted octanol–water partition coefficient (Wildman–Crippen LogP) is 4.19. The zero-order valence-electron chi connectivity index (χ0n) is 11.0. The quantitative estimate of drug-likeness (QED) is 0.695. The van der Waals surface area contributed by atoms with E-state index in [1.807, 2.05) is 42.5 Å². The van der Waals surface area contributed by atoms with Crippen molar-refractivity contribution in [3.8, 4) is 11.5 Å². The fraction of sp³-hybridized carbons (Fsp3) is 0.250. The molecule has 19 heavy (non-hydrogen) atoms. The molecule has 3 nitrogen and oxygen atoms in total. The largest absolute Gasteiger partial charge is 0.456 e. The van der Waals surface area contributed by atoms with E-state index in [1.165, 1.54) is 0 Å². The Labute approximate surface area is 112 Å². The summed E-state index contributed by atoms with van der Waals surface area (Å²) in [6, 6.07) is 13.9. The summed E-state index contributed by atoms with van der Waals surface area (Å²) in [5.74, 6) is 2.50. The van der Waals surface area contributed by atoms with E-state index in [9.17, 15) is 0 Å². The fourth-order valence-corrected chi connectivity index (χ4v) is 2.10. The molecule has 0 aliphatic heterocycles. The van der Waals surface area contributed by atoms with Crippen molar-refractivity contribution in [2.45, 2.75) is 19.9 Å². The second-order valence-corrected chi connectivity index (χ2v) is 4.59. The summed E-state index contributed by atoms with van der Waals surface area (Å²) in [5.41, 5.74) is 0.888. The van der Waals surface area contributed by atoms with Gasteiger partial charge in [-0.3, -0.25) is 0 Å². The second-order valence-electron chi connectivity index (χ2n) is 4.59. The van der Waals surface area contributed by atoms with Gasteiger partial charge in [-0.25, -0.2) is 0 Å². The zero-order valence-corrected chi connectivity index (χ0v) is 11.0. The Morgan fingerprint density at radius 2 is 1.89 bits per heavy atom. The van der Waals surface area contributed by atoms with Crippen LogP contribution in [0.3, 0.4) is 0 Å². The zero-order chi connectivity index (χ0) is 13.1. The molecule has 3 aromatic rings. The van der Waals surface area contributed by atoms with Crippen LogP contribution in [0.4, 0.5) is 0 Å². The third-order valence-electron chi connectivity index (χ3n) is 3.06. The van der Waals surface area contributed by atoms with Crippen LogP contribution < -0.4 is 5.32 Å². The number of benzene rings is 1. The lowest BCUT2D eigenvalue weighted by atomic mass is 10.2. The molecule has 1 N–H and O–H groups in total. The minimum Gasteiger partial charge on any atom is -0.456 e. The van der Waals surface area contributed by atoms with Gasteiger partial charge < -0.3 is 14.2 Å². The Balaban J connectivity index is 1.81. The first-order valence-electron chi connectivity index (χ1n) is 6.65. The number of furan rings is 2. The molecular weight excluding hydrogens is 238 g/mol. The van der Waals surface area contributed by atoms with Gasteiger partial charge in [-0.05, 0) is 37.2 Å². The van der Waals surface area contributed by atoms with E-state index in [-0.39, 0.29) is 0 Å². The highest BCUT2D eigenvalue weighted by Crippen LogP contribution is 2.28. The van der Waals surface area contributed by atoms with E-state index in [2.05, 4.69) is 12.2 Å². The molecule has 1 aromatic carbocycles. The molecule has 3 heteroatoms. The minimum absolute atomic E-state index is 0.758. The topological polar surface area (TPSA) is 38.3 Å². The van der Waals surface area contributed by atoms with Gasteiger partial charge >= 0.3 is 0 Å². The molecule has 0 aliphatic rings. The third-order valence-corrected chi connectivity index (χ3v) is 3.06. The maximum atomic E-state index is 5.79. The van der Waals surface area contributed by atoms with Crippen LogP contribution >= 0.6 is 0 Å². The molecule has 0 unspecified atom stereocenters. The molecule has 0 fully saturated rings. The van der Waals surface area contributed by atoms with Crippen molar-refractivity contribution in [2.24, 2.45) is 0 Å². The first-order valence-corrected chi connectivity index (χ1v) is 6.65. The Morgan fingerprint density at radius 1 is 1.00 bits per heavy atom. The molecule has 0 amide bonds. The molecule has 0 bridgehead atoms. The lowest BCUT2D eigenvalue weighted by Gasteiger charge is -1.98. The van der Waals surface area contributed by atoms with Crippen LogP contribution in [0.2, 0.25) is 0 Å². The first kappa shape index (κ1) is 12.1. The van der Waals surface area contributed by atoms with Crippen LogP contribution in [-0.2, 0) is 6.54 Å². The van der Waals surface area contributed by atoms with E-state index < -0.39 is 0 Å². The van der Waals surface area contributed by atoms with E-state index in [0.717, 1.165) is 47.8 Å². The van der Waals surface area contributed by atoms with Crippen LogP contribution in [0.1, 0.15) is 19.1 Å². The molecule has 2 heterocycles. The molecule has 2 aromatic heterocycles. The third kappa shape index (κ3) is 2.56. The minimum atomic E-state index is 0.758. The van der Waals surface area contributed by atoms with Crippen LogP contribution in [0.15, 0.2) is 51.3 Å². The van der Waals surface area contributed by atoms with Gasteiger partial charge in [0, 0.05) is 5.39 Å². The number of fused-ring (bicyclic) bond motifs is 1. The maximum absolute atomic E-state index is 5.79. The highest BCUT2D eigenvalue weighted by molar-refractivity contribution is 5.81. The van der Waals surface area contributed by atoms with Gasteiger partial charge in [0.1, 0.15) is 11.3 Å². The van der Waals surface area contributed by atoms with Gasteiger partial charge in [0.25, 0.3) is 0 Å². The van der Waals surface area contributed by atoms with Crippen LogP contribution in [0.5, 0.6) is 0 Å². The van der Waals surface area contributed by atoms with E-state index >= 15 is 0 Å². The van der Waals surface area contributed by atoms with E-state index in [1.54, 1.807) is 0 Å². The van der Waals surface area contributed by atoms with Crippen molar-refractivity contribution in [1.29, 1.82) is 0 Å². The molecule has 0 atom stereocenters. The van der Waals surface area contributed by atoms with Crippen molar-refractivity contribution in [3.63, 3.8) is 0 Å². The van der Waals surface area contributed by atoms with Crippen LogP contribution in [-0.4, -0.2) is 6.54 Å². The lowest BCUT2D eigenvalue weighted by Crippen LogP contribution is -2.12. The van der Waals surface area contributed by atoms with Crippen molar-refractivity contribution >= 4 is 11.0 Å². The van der Waals surface area contributed by atoms with E-state index in [4.69, 9.17) is 8.83 Å². The maximum Gasteiger partial charge on any atom is 0.170 e. The number of nitrogens with one attached hydrogen (secondary N) is 1. The van der Waals surface area contributed by atoms with Crippen LogP contribution in [0.25, 0.3) is 22.5 Å². The van der Waals surface area contributed by atoms with Gasteiger partial charge in [0.05, 0.1) is 6.54 Å². The predicted molar refractivity (Wildman–Crippen MR) is 75.9 cm³/mol. The summed E-state index contributed by atoms with van der Waals surface area (Å²) in [6.07, 6.45) is 1.12. The molecule has 0 saturated heterocycles. The molecule has 3 rings (SSSR count). The van der Waals surface area contributed by atoms with Crippen molar-refractivity contribution in [3.05, 3.63) is 48.2 Å². The van der Waals surface area contributed by atoms with Gasteiger partial charge in [0.2, 0.25) is 0 Å². The van der Waals surface area contributed by atoms with Crippen molar-refractivity contribution < 1.29 is 8.83 Å². The van der Waals surface area contributed by atoms with Gasteiger partial charge in [-0.1, -0.05) is 25.1 Å². The van der Waals surface area contributed by atoms with Gasteiger partial charge in [-0.2, -0.15) is 0 Å². The SMILES string of the molecule is CCCNCc1ccc(-c2cc3ccccc3o2)o1. The molecule has 0 spiro atoms. The smallest absolute Gasteiger partial charge is 0.170 e. The molecule has 0 saturated carbocycles. The normalized spacial score (nSPS) is 11.2. The lowest BCUT2D eigenvalue weighted by molar-refractivity contribution is 0.479. The number of rotatable bonds is 5. The summed E-state index contributed by atoms with van der Waals surface area (Å²) in [7, 11) is 0. The highest BCUT2D eigenvalue weighted by Gasteiger charge is 2.09. The first-order chi connectivity index (χ1) is 9.36. The van der Waals surface area contributed by atoms with Crippen molar-refractivity contribution in [1.82, 2.24) is 5.32 Å². The molecular formula is C16H17NO2. The average Bonchev–Trinajstić information content (AvgIpc) is 3.04. The standard InChI is InChI=1S/C16H17NO2/c1-2-9-17-11-13-7-8-15(18-13)16-10-12-5-3-4-6-14(12)19-16/h3-8,10,17H,2,9,11H2,1H3. The summed E-state index contributed by atoms with van der Waals surface area (Å²) in [5, 5.41) is 4.42. The van der Waals surface area contributed by atoms with Crippen LogP contribution in [0, 0.1) is 0 Å². The molecule has 0 radical (unpaired) electrons. The summed E-state index contributed by atoms with van der Waals surface area (Å²) < 4.78 is 11.6. The number of hydrogen-bond acceptors (Lipinski definition) is 3. The second kappa shape index (κ2) is 5.33. The summed E-state index contributed by atoms with van der Waals surface area (Å²) >= 11 is 0. The number of hydrogen-bond donors (Lipinski definition) is 1. The Bertz CT molecular complexity index is 633. The molecule has 98 valence electrons. The monoisotopic (exact) mass is 255 g/mol. The Hall–Kier alpha value is -2.00. The summed E-state index contributed by atoms with van der Waals surface area (Å²) in [6.45, 7) is 3.91. The fourth-order valence-electron chi connectivity index (χ4n) is 2.10. The highest BCUT2D eigenvalue weighted by atomic mass is 16.4. The van der Waals surface area contributed by atoms with Gasteiger partial charge in [0.15, 0.2) is 11.5 Å². The Kier molecular flexibility index (Phi) is 3.38. The average molecular weight is 255 g/mol. The van der Waals surface area contributed by atoms with Crippen molar-refractivity contribution in [2.75, 3.05) is 6.54 Å². The summed E-state index contributed by atoms with van der Waals surface area (Å²) in [4.78, 5) is 0. The molecule has 0 aliphatic carbocycles. The number of para-hydroxylation sites is 1. The van der Waals surface area contributed by atoms with Gasteiger partial charge in [-0.15, -0.1) is 0 Å². The Morgan fingerprint density at radius 3 is 2.74 bits per heavy atom. The van der Waals surface area contributed by atoms with E-state index in [0.29, 0.717) is 0 Å².